The lowest BCUT2D eigenvalue weighted by Crippen LogP contribution is -2.36. The number of benzene rings is 1. The van der Waals surface area contributed by atoms with Crippen LogP contribution in [0, 0.1) is 5.82 Å². The fraction of sp³-hybridized carbons (Fsp3) is 0.500. The van der Waals surface area contributed by atoms with E-state index >= 15 is 4.39 Å². The molecule has 3 saturated heterocycles. The van der Waals surface area contributed by atoms with Crippen molar-refractivity contribution >= 4 is 11.8 Å². The van der Waals surface area contributed by atoms with Gasteiger partial charge in [0, 0.05) is 19.3 Å². The van der Waals surface area contributed by atoms with Crippen molar-refractivity contribution in [2.45, 2.75) is 31.3 Å². The number of halogens is 1. The lowest BCUT2D eigenvalue weighted by atomic mass is 10.0. The van der Waals surface area contributed by atoms with Crippen LogP contribution >= 0.6 is 0 Å². The van der Waals surface area contributed by atoms with Gasteiger partial charge in [-0.2, -0.15) is 0 Å². The summed E-state index contributed by atoms with van der Waals surface area (Å²) in [4.78, 5) is 15.8. The molecule has 1 atom stereocenters. The average Bonchev–Trinajstić information content (AvgIpc) is 3.68. The number of aromatic nitrogens is 6. The number of hydrogen-bond donors (Lipinski definition) is 0. The summed E-state index contributed by atoms with van der Waals surface area (Å²) in [5.74, 6) is -0.350. The number of amides is 1. The topological polar surface area (TPSA) is 113 Å². The highest BCUT2D eigenvalue weighted by molar-refractivity contribution is 5.70. The Morgan fingerprint density at radius 2 is 1.89 bits per heavy atom. The number of nitrogens with zero attached hydrogens (tertiary/aromatic N) is 8. The highest BCUT2D eigenvalue weighted by Gasteiger charge is 2.33. The van der Waals surface area contributed by atoms with E-state index in [-0.39, 0.29) is 18.5 Å². The zero-order valence-corrected chi connectivity index (χ0v) is 18.9. The van der Waals surface area contributed by atoms with Crippen molar-refractivity contribution in [2.75, 3.05) is 44.4 Å². The Morgan fingerprint density at radius 1 is 1.06 bits per heavy atom. The van der Waals surface area contributed by atoms with Crippen LogP contribution in [0.2, 0.25) is 0 Å². The fourth-order valence-electron chi connectivity index (χ4n) is 4.87. The molecular formula is C22H25FN8O4. The monoisotopic (exact) mass is 484 g/mol. The second kappa shape index (κ2) is 9.23. The van der Waals surface area contributed by atoms with Crippen molar-refractivity contribution < 1.29 is 23.4 Å². The molecule has 0 aliphatic carbocycles. The van der Waals surface area contributed by atoms with Gasteiger partial charge in [-0.15, -0.1) is 10.2 Å². The first kappa shape index (κ1) is 21.9. The predicted molar refractivity (Wildman–Crippen MR) is 118 cm³/mol. The fourth-order valence-corrected chi connectivity index (χ4v) is 4.87. The van der Waals surface area contributed by atoms with Gasteiger partial charge in [0.15, 0.2) is 6.17 Å². The van der Waals surface area contributed by atoms with E-state index in [0.717, 1.165) is 12.8 Å². The standard InChI is InChI=1S/C22H25FN8O4/c23-17-13-15(20(30-8-5-24-26-30)29-9-10-35-22(29)32)1-2-19(17)28-6-3-16(4-7-28)31-14-18(25-27-31)21-33-11-12-34-21/h1-2,5,8,13-14,16,20-21H,3-4,6-7,9-12H2. The van der Waals surface area contributed by atoms with Gasteiger partial charge in [0.25, 0.3) is 0 Å². The Kier molecular flexibility index (Phi) is 5.78. The van der Waals surface area contributed by atoms with Crippen LogP contribution in [0.15, 0.2) is 36.8 Å². The van der Waals surface area contributed by atoms with Crippen LogP contribution in [0.4, 0.5) is 14.9 Å². The van der Waals surface area contributed by atoms with Crippen molar-refractivity contribution in [1.29, 1.82) is 0 Å². The zero-order valence-electron chi connectivity index (χ0n) is 18.9. The van der Waals surface area contributed by atoms with Gasteiger partial charge in [-0.25, -0.2) is 18.5 Å². The van der Waals surface area contributed by atoms with E-state index in [1.165, 1.54) is 21.8 Å². The van der Waals surface area contributed by atoms with Crippen molar-refractivity contribution in [2.24, 2.45) is 0 Å². The van der Waals surface area contributed by atoms with Crippen LogP contribution in [-0.2, 0) is 14.2 Å². The summed E-state index contributed by atoms with van der Waals surface area (Å²) in [5, 5.41) is 16.3. The molecule has 1 amide bonds. The maximum absolute atomic E-state index is 15.3. The van der Waals surface area contributed by atoms with Gasteiger partial charge in [0.2, 0.25) is 6.29 Å². The number of carbonyl (C=O) groups is 1. The first-order valence-electron chi connectivity index (χ1n) is 11.7. The lowest BCUT2D eigenvalue weighted by molar-refractivity contribution is -0.0473. The van der Waals surface area contributed by atoms with Crippen molar-refractivity contribution in [3.05, 3.63) is 53.9 Å². The number of carbonyl (C=O) groups excluding carboxylic acids is 1. The largest absolute Gasteiger partial charge is 0.447 e. The molecule has 3 aliphatic heterocycles. The minimum absolute atomic E-state index is 0.175. The highest BCUT2D eigenvalue weighted by Crippen LogP contribution is 2.32. The molecule has 184 valence electrons. The van der Waals surface area contributed by atoms with Gasteiger partial charge in [0.05, 0.1) is 43.9 Å². The number of cyclic esters (lactones) is 1. The maximum atomic E-state index is 15.3. The number of rotatable bonds is 6. The Hall–Kier alpha value is -3.58. The number of piperidine rings is 1. The van der Waals surface area contributed by atoms with Gasteiger partial charge in [-0.3, -0.25) is 4.90 Å². The summed E-state index contributed by atoms with van der Waals surface area (Å²) in [7, 11) is 0. The van der Waals surface area contributed by atoms with Crippen molar-refractivity contribution in [3.8, 4) is 0 Å². The Labute approximate surface area is 200 Å². The molecule has 5 heterocycles. The van der Waals surface area contributed by atoms with E-state index in [4.69, 9.17) is 14.2 Å². The van der Waals surface area contributed by atoms with Gasteiger partial charge in [-0.1, -0.05) is 16.5 Å². The molecule has 3 fully saturated rings. The minimum atomic E-state index is -0.629. The maximum Gasteiger partial charge on any atom is 0.411 e. The minimum Gasteiger partial charge on any atom is -0.447 e. The van der Waals surface area contributed by atoms with Crippen LogP contribution < -0.4 is 4.90 Å². The first-order valence-corrected chi connectivity index (χ1v) is 11.7. The Balaban J connectivity index is 1.15. The molecule has 35 heavy (non-hydrogen) atoms. The number of hydrogen-bond acceptors (Lipinski definition) is 9. The summed E-state index contributed by atoms with van der Waals surface area (Å²) in [6, 6.07) is 5.23. The third-order valence-corrected chi connectivity index (χ3v) is 6.62. The summed E-state index contributed by atoms with van der Waals surface area (Å²) >= 11 is 0. The van der Waals surface area contributed by atoms with Crippen molar-refractivity contribution in [1.82, 2.24) is 34.9 Å². The van der Waals surface area contributed by atoms with Gasteiger partial charge < -0.3 is 19.1 Å². The normalized spacial score (nSPS) is 20.5. The molecule has 1 aromatic carbocycles. The summed E-state index contributed by atoms with van der Waals surface area (Å²) in [6.07, 6.45) is 5.12. The highest BCUT2D eigenvalue weighted by atomic mass is 19.1. The molecule has 0 saturated carbocycles. The van der Waals surface area contributed by atoms with Gasteiger partial charge in [-0.05, 0) is 30.5 Å². The molecule has 1 unspecified atom stereocenters. The third-order valence-electron chi connectivity index (χ3n) is 6.62. The van der Waals surface area contributed by atoms with Crippen LogP contribution in [0.5, 0.6) is 0 Å². The number of anilines is 1. The summed E-state index contributed by atoms with van der Waals surface area (Å²) < 4.78 is 34.8. The van der Waals surface area contributed by atoms with Crippen molar-refractivity contribution in [3.63, 3.8) is 0 Å². The molecule has 3 aliphatic rings. The molecule has 0 bridgehead atoms. The van der Waals surface area contributed by atoms with Crippen LogP contribution in [0.1, 0.15) is 42.6 Å². The zero-order chi connectivity index (χ0) is 23.8. The molecule has 0 N–H and O–H groups in total. The number of ether oxygens (including phenoxy) is 3. The molecule has 3 aromatic rings. The SMILES string of the molecule is O=C1OCCN1C(c1ccc(N2CCC(n3cc(C4OCCO4)nn3)CC2)c(F)c1)n1ccnn1. The molecule has 2 aromatic heterocycles. The van der Waals surface area contributed by atoms with Gasteiger partial charge >= 0.3 is 6.09 Å². The van der Waals surface area contributed by atoms with E-state index in [1.807, 2.05) is 21.8 Å². The summed E-state index contributed by atoms with van der Waals surface area (Å²) in [5.41, 5.74) is 1.80. The molecule has 12 nitrogen and oxygen atoms in total. The second-order valence-electron chi connectivity index (χ2n) is 8.69. The molecule has 0 radical (unpaired) electrons. The Morgan fingerprint density at radius 3 is 2.57 bits per heavy atom. The Bertz CT molecular complexity index is 1170. The van der Waals surface area contributed by atoms with Gasteiger partial charge in [0.1, 0.15) is 18.1 Å². The predicted octanol–water partition coefficient (Wildman–Crippen LogP) is 1.89. The van der Waals surface area contributed by atoms with E-state index in [0.29, 0.717) is 49.8 Å². The second-order valence-corrected chi connectivity index (χ2v) is 8.69. The van der Waals surface area contributed by atoms with E-state index in [1.54, 1.807) is 12.3 Å². The van der Waals surface area contributed by atoms with Crippen LogP contribution in [-0.4, -0.2) is 80.4 Å². The molecular weight excluding hydrogens is 459 g/mol. The smallest absolute Gasteiger partial charge is 0.411 e. The molecule has 13 heteroatoms. The summed E-state index contributed by atoms with van der Waals surface area (Å²) in [6.45, 7) is 3.15. The van der Waals surface area contributed by atoms with E-state index in [9.17, 15) is 4.79 Å². The third kappa shape index (κ3) is 4.21. The quantitative estimate of drug-likeness (QED) is 0.518. The average molecular weight is 484 g/mol. The lowest BCUT2D eigenvalue weighted by Gasteiger charge is -2.34. The van der Waals surface area contributed by atoms with Crippen LogP contribution in [0.25, 0.3) is 0 Å². The molecule has 6 rings (SSSR count). The van der Waals surface area contributed by atoms with E-state index in [2.05, 4.69) is 20.6 Å². The van der Waals surface area contributed by atoms with Crippen LogP contribution in [0.3, 0.4) is 0 Å². The van der Waals surface area contributed by atoms with E-state index < -0.39 is 18.5 Å². The first-order chi connectivity index (χ1) is 17.2. The molecule has 0 spiro atoms.